The molecule has 8 heavy (non-hydrogen) atoms. The monoisotopic (exact) mass is 109 g/mol. The van der Waals surface area contributed by atoms with Crippen molar-refractivity contribution in [2.75, 3.05) is 6.54 Å². The Morgan fingerprint density at radius 2 is 2.62 bits per heavy atom. The predicted octanol–water partition coefficient (Wildman–Crippen LogP) is 0.135. The van der Waals surface area contributed by atoms with Crippen LogP contribution in [0, 0.1) is 18.3 Å². The smallest absolute Gasteiger partial charge is 0.136 e. The number of rotatable bonds is 3. The second-order valence-corrected chi connectivity index (χ2v) is 1.32. The van der Waals surface area contributed by atoms with Crippen molar-refractivity contribution >= 4 is 13.0 Å². The van der Waals surface area contributed by atoms with Crippen molar-refractivity contribution in [3.8, 4) is 12.3 Å². The van der Waals surface area contributed by atoms with Crippen LogP contribution < -0.4 is 0 Å². The summed E-state index contributed by atoms with van der Waals surface area (Å²) < 4.78 is 0. The second kappa shape index (κ2) is 4.07. The third-order valence-electron chi connectivity index (χ3n) is 0.704. The Kier molecular flexibility index (Phi) is 3.51. The Labute approximate surface area is 48.6 Å². The molecule has 1 unspecified atom stereocenters. The van der Waals surface area contributed by atoms with Gasteiger partial charge in [-0.15, -0.1) is 6.42 Å². The third kappa shape index (κ3) is 2.14. The Balaban J connectivity index is 3.56. The summed E-state index contributed by atoms with van der Waals surface area (Å²) in [5, 5.41) is 0. The van der Waals surface area contributed by atoms with Gasteiger partial charge >= 0.3 is 0 Å². The van der Waals surface area contributed by atoms with E-state index >= 15 is 0 Å². The molecule has 0 radical (unpaired) electrons. The second-order valence-electron chi connectivity index (χ2n) is 1.32. The highest BCUT2D eigenvalue weighted by Gasteiger charge is 1.96. The minimum Gasteiger partial charge on any atom is -0.302 e. The zero-order valence-corrected chi connectivity index (χ0v) is 4.50. The van der Waals surface area contributed by atoms with Gasteiger partial charge in [-0.05, 0) is 6.72 Å². The Bertz CT molecular complexity index is 123. The lowest BCUT2D eigenvalue weighted by molar-refractivity contribution is -0.109. The fourth-order valence-corrected chi connectivity index (χ4v) is 0.274. The van der Waals surface area contributed by atoms with Crippen LogP contribution >= 0.6 is 0 Å². The van der Waals surface area contributed by atoms with Crippen LogP contribution in [0.1, 0.15) is 0 Å². The summed E-state index contributed by atoms with van der Waals surface area (Å²) in [6.07, 6.45) is 5.59. The molecule has 0 heterocycles. The molecule has 0 saturated heterocycles. The first-order valence-corrected chi connectivity index (χ1v) is 2.19. The van der Waals surface area contributed by atoms with Gasteiger partial charge in [0.25, 0.3) is 0 Å². The van der Waals surface area contributed by atoms with Gasteiger partial charge in [0.1, 0.15) is 6.29 Å². The van der Waals surface area contributed by atoms with E-state index < -0.39 is 0 Å². The van der Waals surface area contributed by atoms with Crippen molar-refractivity contribution in [1.82, 2.24) is 0 Å². The summed E-state index contributed by atoms with van der Waals surface area (Å²) in [5.74, 6) is 1.87. The average molecular weight is 109 g/mol. The van der Waals surface area contributed by atoms with E-state index in [4.69, 9.17) is 6.42 Å². The fourth-order valence-electron chi connectivity index (χ4n) is 0.274. The van der Waals surface area contributed by atoms with Crippen molar-refractivity contribution < 1.29 is 4.79 Å². The van der Waals surface area contributed by atoms with E-state index in [9.17, 15) is 4.79 Å². The maximum atomic E-state index is 9.90. The first-order chi connectivity index (χ1) is 3.85. The van der Waals surface area contributed by atoms with E-state index in [1.54, 1.807) is 0 Å². The number of aldehydes is 1. The summed E-state index contributed by atoms with van der Waals surface area (Å²) in [7, 11) is 0. The molecule has 0 N–H and O–H groups in total. The summed E-state index contributed by atoms with van der Waals surface area (Å²) in [5.41, 5.74) is 0. The van der Waals surface area contributed by atoms with Crippen LogP contribution in [0.4, 0.5) is 0 Å². The molecular formula is C6H7NO. The number of terminal acetylenes is 1. The van der Waals surface area contributed by atoms with Crippen molar-refractivity contribution in [1.29, 1.82) is 0 Å². The lowest BCUT2D eigenvalue weighted by Crippen LogP contribution is -2.01. The lowest BCUT2D eigenvalue weighted by Gasteiger charge is -1.91. The highest BCUT2D eigenvalue weighted by molar-refractivity contribution is 5.58. The molecule has 42 valence electrons. The molecule has 0 saturated carbocycles. The van der Waals surface area contributed by atoms with Gasteiger partial charge < -0.3 is 4.79 Å². The highest BCUT2D eigenvalue weighted by Crippen LogP contribution is 1.86. The molecule has 0 spiro atoms. The largest absolute Gasteiger partial charge is 0.302 e. The zero-order valence-electron chi connectivity index (χ0n) is 4.50. The molecule has 0 rings (SSSR count). The van der Waals surface area contributed by atoms with E-state index in [0.717, 1.165) is 0 Å². The molecule has 0 aliphatic carbocycles. The summed E-state index contributed by atoms with van der Waals surface area (Å²) in [6, 6.07) is 0. The van der Waals surface area contributed by atoms with Gasteiger partial charge in [0.2, 0.25) is 0 Å². The van der Waals surface area contributed by atoms with Crippen LogP contribution in [-0.4, -0.2) is 19.5 Å². The Morgan fingerprint density at radius 1 is 2.00 bits per heavy atom. The van der Waals surface area contributed by atoms with E-state index in [1.807, 2.05) is 0 Å². The lowest BCUT2D eigenvalue weighted by atomic mass is 10.2. The van der Waals surface area contributed by atoms with Crippen LogP contribution in [0.3, 0.4) is 0 Å². The van der Waals surface area contributed by atoms with Gasteiger partial charge in [0.15, 0.2) is 0 Å². The number of carbonyl (C=O) groups excluding carboxylic acids is 1. The van der Waals surface area contributed by atoms with Crippen molar-refractivity contribution in [2.45, 2.75) is 0 Å². The predicted molar refractivity (Wildman–Crippen MR) is 32.8 cm³/mol. The summed E-state index contributed by atoms with van der Waals surface area (Å²) in [6.45, 7) is 3.53. The van der Waals surface area contributed by atoms with Crippen molar-refractivity contribution in [3.05, 3.63) is 0 Å². The number of carbonyl (C=O) groups is 1. The summed E-state index contributed by atoms with van der Waals surface area (Å²) in [4.78, 5) is 13.3. The highest BCUT2D eigenvalue weighted by atomic mass is 16.1. The number of nitrogens with zero attached hydrogens (tertiary/aromatic N) is 1. The van der Waals surface area contributed by atoms with Gasteiger partial charge in [0, 0.05) is 0 Å². The molecule has 2 heteroatoms. The first kappa shape index (κ1) is 6.90. The van der Waals surface area contributed by atoms with Crippen LogP contribution in [0.25, 0.3) is 0 Å². The molecule has 0 aromatic rings. The topological polar surface area (TPSA) is 29.4 Å². The molecule has 2 nitrogen and oxygen atoms in total. The zero-order chi connectivity index (χ0) is 6.41. The molecule has 0 bridgehead atoms. The number of aliphatic imine (C=N–C) groups is 1. The summed E-state index contributed by atoms with van der Waals surface area (Å²) >= 11 is 0. The van der Waals surface area contributed by atoms with Gasteiger partial charge in [0.05, 0.1) is 12.5 Å². The normalized spacial score (nSPS) is 11.4. The van der Waals surface area contributed by atoms with Crippen LogP contribution in [0.2, 0.25) is 0 Å². The third-order valence-corrected chi connectivity index (χ3v) is 0.704. The quantitative estimate of drug-likeness (QED) is 0.288. The molecule has 0 aromatic carbocycles. The maximum absolute atomic E-state index is 9.90. The molecule has 1 atom stereocenters. The molecule has 0 amide bonds. The van der Waals surface area contributed by atoms with Gasteiger partial charge in [-0.3, -0.25) is 4.99 Å². The van der Waals surface area contributed by atoms with E-state index in [-0.39, 0.29) is 5.92 Å². The van der Waals surface area contributed by atoms with E-state index in [1.165, 1.54) is 0 Å². The van der Waals surface area contributed by atoms with Gasteiger partial charge in [-0.25, -0.2) is 0 Å². The van der Waals surface area contributed by atoms with Crippen LogP contribution in [-0.2, 0) is 4.79 Å². The van der Waals surface area contributed by atoms with Crippen LogP contribution in [0.15, 0.2) is 4.99 Å². The SMILES string of the molecule is C#CC(C=O)CN=C. The minimum absolute atomic E-state index is 0.333. The first-order valence-electron chi connectivity index (χ1n) is 2.19. The molecule has 0 aliphatic heterocycles. The molecular weight excluding hydrogens is 102 g/mol. The maximum Gasteiger partial charge on any atom is 0.136 e. The molecule has 0 fully saturated rings. The molecule has 0 aromatic heterocycles. The number of hydrogen-bond acceptors (Lipinski definition) is 2. The van der Waals surface area contributed by atoms with Gasteiger partial charge in [-0.2, -0.15) is 0 Å². The van der Waals surface area contributed by atoms with Crippen molar-refractivity contribution in [2.24, 2.45) is 10.9 Å². The Hall–Kier alpha value is -1.10. The molecule has 0 aliphatic rings. The van der Waals surface area contributed by atoms with Gasteiger partial charge in [-0.1, -0.05) is 5.92 Å². The van der Waals surface area contributed by atoms with Crippen molar-refractivity contribution in [3.63, 3.8) is 0 Å². The fraction of sp³-hybridized carbons (Fsp3) is 0.333. The van der Waals surface area contributed by atoms with E-state index in [2.05, 4.69) is 17.6 Å². The van der Waals surface area contributed by atoms with Crippen LogP contribution in [0.5, 0.6) is 0 Å². The standard InChI is InChI=1S/C6H7NO/c1-3-6(5-8)4-7-2/h1,5-6H,2,4H2. The average Bonchev–Trinajstić information content (AvgIpc) is 1.83. The number of hydrogen-bond donors (Lipinski definition) is 0. The Morgan fingerprint density at radius 3 is 2.75 bits per heavy atom. The van der Waals surface area contributed by atoms with E-state index in [0.29, 0.717) is 12.8 Å². The minimum atomic E-state index is -0.382.